The molecular formula is C28H30N2O6. The molecule has 3 aromatic rings. The Balaban J connectivity index is 1.55. The fourth-order valence-electron chi connectivity index (χ4n) is 5.06. The quantitative estimate of drug-likeness (QED) is 0.489. The van der Waals surface area contributed by atoms with Gasteiger partial charge < -0.3 is 18.8 Å². The summed E-state index contributed by atoms with van der Waals surface area (Å²) in [4.78, 5) is 43.4. The Bertz CT molecular complexity index is 1370. The summed E-state index contributed by atoms with van der Waals surface area (Å²) in [5, 5.41) is 0.469. The fourth-order valence-corrected chi connectivity index (χ4v) is 5.06. The van der Waals surface area contributed by atoms with E-state index in [1.165, 1.54) is 7.11 Å². The van der Waals surface area contributed by atoms with Crippen molar-refractivity contribution in [1.82, 2.24) is 9.80 Å². The molecule has 188 valence electrons. The zero-order valence-corrected chi connectivity index (χ0v) is 20.8. The number of carbonyl (C=O) groups is 2. The number of morpholine rings is 1. The first kappa shape index (κ1) is 24.2. The van der Waals surface area contributed by atoms with Crippen LogP contribution in [0.2, 0.25) is 0 Å². The smallest absolute Gasteiger partial charge is 0.337 e. The number of fused-ring (bicyclic) bond motifs is 2. The third-order valence-corrected chi connectivity index (χ3v) is 7.21. The van der Waals surface area contributed by atoms with E-state index in [1.807, 2.05) is 26.0 Å². The van der Waals surface area contributed by atoms with Gasteiger partial charge in [-0.1, -0.05) is 12.1 Å². The molecule has 0 aliphatic carbocycles. The van der Waals surface area contributed by atoms with Crippen molar-refractivity contribution in [3.8, 4) is 0 Å². The van der Waals surface area contributed by atoms with E-state index in [-0.39, 0.29) is 17.1 Å². The SMILES string of the molecule is COC(=O)c1ccc([C@H]2c3c(oc4cc(C)c(C)cc4c3=O)C(=O)N2CCCN2CCOCC2)cc1. The van der Waals surface area contributed by atoms with Crippen molar-refractivity contribution in [2.75, 3.05) is 46.5 Å². The summed E-state index contributed by atoms with van der Waals surface area (Å²) in [6.45, 7) is 8.38. The van der Waals surface area contributed by atoms with Crippen molar-refractivity contribution >= 4 is 22.8 Å². The topological polar surface area (TPSA) is 89.3 Å². The molecule has 1 amide bonds. The standard InChI is InChI=1S/C28H30N2O6/c1-17-15-21-22(16-18(17)2)36-26-23(25(21)31)24(19-5-7-20(8-6-19)28(33)34-3)30(27(26)32)10-4-9-29-11-13-35-14-12-29/h5-8,15-16,24H,4,9-14H2,1-3H3/t24-/m0/s1. The lowest BCUT2D eigenvalue weighted by Crippen LogP contribution is -2.38. The van der Waals surface area contributed by atoms with Crippen LogP contribution < -0.4 is 5.43 Å². The Kier molecular flexibility index (Phi) is 6.64. The molecule has 2 aromatic carbocycles. The molecule has 1 atom stereocenters. The molecule has 36 heavy (non-hydrogen) atoms. The first-order valence-electron chi connectivity index (χ1n) is 12.3. The van der Waals surface area contributed by atoms with E-state index < -0.39 is 12.0 Å². The molecule has 8 heteroatoms. The summed E-state index contributed by atoms with van der Waals surface area (Å²) >= 11 is 0. The van der Waals surface area contributed by atoms with E-state index in [0.29, 0.717) is 41.9 Å². The minimum atomic E-state index is -0.592. The minimum absolute atomic E-state index is 0.101. The Morgan fingerprint density at radius 3 is 2.42 bits per heavy atom. The van der Waals surface area contributed by atoms with Crippen LogP contribution in [0.15, 0.2) is 45.6 Å². The second kappa shape index (κ2) is 9.87. The van der Waals surface area contributed by atoms with E-state index in [1.54, 1.807) is 29.2 Å². The van der Waals surface area contributed by atoms with Gasteiger partial charge in [-0.3, -0.25) is 14.5 Å². The molecule has 1 aromatic heterocycles. The van der Waals surface area contributed by atoms with E-state index in [2.05, 4.69) is 4.90 Å². The summed E-state index contributed by atoms with van der Waals surface area (Å²) in [7, 11) is 1.33. The maximum Gasteiger partial charge on any atom is 0.337 e. The monoisotopic (exact) mass is 490 g/mol. The highest BCUT2D eigenvalue weighted by Gasteiger charge is 2.42. The molecule has 0 spiro atoms. The van der Waals surface area contributed by atoms with Gasteiger partial charge in [0.1, 0.15) is 5.58 Å². The fraction of sp³-hybridized carbons (Fsp3) is 0.393. The van der Waals surface area contributed by atoms with Gasteiger partial charge in [0.25, 0.3) is 5.91 Å². The van der Waals surface area contributed by atoms with E-state index in [4.69, 9.17) is 13.9 Å². The number of rotatable bonds is 6. The molecule has 0 saturated carbocycles. The number of hydrogen-bond acceptors (Lipinski definition) is 7. The zero-order chi connectivity index (χ0) is 25.4. The molecule has 5 rings (SSSR count). The first-order valence-corrected chi connectivity index (χ1v) is 12.3. The van der Waals surface area contributed by atoms with Gasteiger partial charge in [-0.05, 0) is 61.2 Å². The molecule has 1 fully saturated rings. The van der Waals surface area contributed by atoms with Crippen LogP contribution in [0.3, 0.4) is 0 Å². The highest BCUT2D eigenvalue weighted by Crippen LogP contribution is 2.38. The molecule has 0 N–H and O–H groups in total. The van der Waals surface area contributed by atoms with Gasteiger partial charge in [0, 0.05) is 26.2 Å². The molecule has 2 aliphatic rings. The van der Waals surface area contributed by atoms with Crippen molar-refractivity contribution in [1.29, 1.82) is 0 Å². The molecule has 3 heterocycles. The van der Waals surface area contributed by atoms with Crippen molar-refractivity contribution in [3.63, 3.8) is 0 Å². The molecule has 2 aliphatic heterocycles. The van der Waals surface area contributed by atoms with Crippen molar-refractivity contribution < 1.29 is 23.5 Å². The Labute approximate surface area is 209 Å². The summed E-state index contributed by atoms with van der Waals surface area (Å²) in [6, 6.07) is 9.93. The van der Waals surface area contributed by atoms with Gasteiger partial charge in [-0.15, -0.1) is 0 Å². The lowest BCUT2D eigenvalue weighted by Gasteiger charge is -2.29. The first-order chi connectivity index (χ1) is 17.4. The Morgan fingerprint density at radius 1 is 1.03 bits per heavy atom. The molecule has 0 bridgehead atoms. The number of nitrogens with zero attached hydrogens (tertiary/aromatic N) is 2. The molecule has 1 saturated heterocycles. The highest BCUT2D eigenvalue weighted by atomic mass is 16.5. The van der Waals surface area contributed by atoms with Crippen LogP contribution in [0.1, 0.15) is 55.6 Å². The summed E-state index contributed by atoms with van der Waals surface area (Å²) < 4.78 is 16.3. The van der Waals surface area contributed by atoms with E-state index >= 15 is 0 Å². The van der Waals surface area contributed by atoms with Gasteiger partial charge in [0.2, 0.25) is 5.76 Å². The van der Waals surface area contributed by atoms with Crippen LogP contribution in [-0.2, 0) is 9.47 Å². The third kappa shape index (κ3) is 4.31. The highest BCUT2D eigenvalue weighted by molar-refractivity contribution is 5.99. The van der Waals surface area contributed by atoms with Crippen molar-refractivity contribution in [2.45, 2.75) is 26.3 Å². The van der Waals surface area contributed by atoms with Gasteiger partial charge in [-0.2, -0.15) is 0 Å². The number of carbonyl (C=O) groups excluding carboxylic acids is 2. The van der Waals surface area contributed by atoms with E-state index in [9.17, 15) is 14.4 Å². The van der Waals surface area contributed by atoms with Gasteiger partial charge >= 0.3 is 5.97 Å². The lowest BCUT2D eigenvalue weighted by molar-refractivity contribution is 0.0353. The normalized spacial score (nSPS) is 18.0. The average Bonchev–Trinajstić information content (AvgIpc) is 3.17. The van der Waals surface area contributed by atoms with Gasteiger partial charge in [0.15, 0.2) is 5.43 Å². The Hall–Kier alpha value is -3.49. The molecule has 8 nitrogen and oxygen atoms in total. The number of methoxy groups -OCH3 is 1. The van der Waals surface area contributed by atoms with Crippen LogP contribution >= 0.6 is 0 Å². The predicted molar refractivity (Wildman–Crippen MR) is 134 cm³/mol. The number of aryl methyl sites for hydroxylation is 2. The zero-order valence-electron chi connectivity index (χ0n) is 20.8. The second-order valence-corrected chi connectivity index (χ2v) is 9.43. The Morgan fingerprint density at radius 2 is 1.72 bits per heavy atom. The largest absolute Gasteiger partial charge is 0.465 e. The third-order valence-electron chi connectivity index (χ3n) is 7.21. The second-order valence-electron chi connectivity index (χ2n) is 9.43. The van der Waals surface area contributed by atoms with Crippen LogP contribution in [-0.4, -0.2) is 68.2 Å². The van der Waals surface area contributed by atoms with Crippen LogP contribution in [0, 0.1) is 13.8 Å². The maximum absolute atomic E-state index is 13.8. The molecule has 0 unspecified atom stereocenters. The van der Waals surface area contributed by atoms with Gasteiger partial charge in [0.05, 0.1) is 42.9 Å². The van der Waals surface area contributed by atoms with Crippen LogP contribution in [0.5, 0.6) is 0 Å². The average molecular weight is 491 g/mol. The van der Waals surface area contributed by atoms with Crippen LogP contribution in [0.25, 0.3) is 11.0 Å². The number of benzene rings is 2. The maximum atomic E-state index is 13.8. The number of hydrogen-bond donors (Lipinski definition) is 0. The molecule has 0 radical (unpaired) electrons. The molecular weight excluding hydrogens is 460 g/mol. The van der Waals surface area contributed by atoms with Crippen molar-refractivity contribution in [2.24, 2.45) is 0 Å². The van der Waals surface area contributed by atoms with E-state index in [0.717, 1.165) is 42.7 Å². The predicted octanol–water partition coefficient (Wildman–Crippen LogP) is 3.46. The summed E-state index contributed by atoms with van der Waals surface area (Å²) in [5.41, 5.74) is 3.71. The number of ether oxygens (including phenoxy) is 2. The van der Waals surface area contributed by atoms with Crippen LogP contribution in [0.4, 0.5) is 0 Å². The number of amides is 1. The summed E-state index contributed by atoms with van der Waals surface area (Å²) in [5.74, 6) is -0.626. The van der Waals surface area contributed by atoms with Gasteiger partial charge in [-0.25, -0.2) is 4.79 Å². The minimum Gasteiger partial charge on any atom is -0.465 e. The summed E-state index contributed by atoms with van der Waals surface area (Å²) in [6.07, 6.45) is 0.752. The number of esters is 1. The van der Waals surface area contributed by atoms with Crippen molar-refractivity contribution in [3.05, 3.63) is 80.2 Å². The lowest BCUT2D eigenvalue weighted by atomic mass is 9.96.